The van der Waals surface area contributed by atoms with Gasteiger partial charge in [-0.2, -0.15) is 0 Å². The van der Waals surface area contributed by atoms with E-state index in [1.165, 1.54) is 6.07 Å². The highest BCUT2D eigenvalue weighted by molar-refractivity contribution is 7.80. The molecule has 228 valence electrons. The van der Waals surface area contributed by atoms with E-state index in [1.807, 2.05) is 18.9 Å². The summed E-state index contributed by atoms with van der Waals surface area (Å²) in [5, 5.41) is 15.2. The van der Waals surface area contributed by atoms with E-state index in [-0.39, 0.29) is 66.0 Å². The Morgan fingerprint density at radius 3 is 2.84 bits per heavy atom. The summed E-state index contributed by atoms with van der Waals surface area (Å²) >= 11 is 4.21. The maximum absolute atomic E-state index is 15.1. The van der Waals surface area contributed by atoms with Crippen molar-refractivity contribution in [1.82, 2.24) is 19.8 Å². The van der Waals surface area contributed by atoms with Crippen LogP contribution < -0.4 is 10.9 Å². The van der Waals surface area contributed by atoms with E-state index in [9.17, 15) is 19.5 Å². The highest BCUT2D eigenvalue weighted by Gasteiger charge is 2.46. The van der Waals surface area contributed by atoms with Crippen LogP contribution in [0.4, 0.5) is 4.39 Å². The zero-order chi connectivity index (χ0) is 30.8. The van der Waals surface area contributed by atoms with Gasteiger partial charge in [0.1, 0.15) is 12.4 Å². The summed E-state index contributed by atoms with van der Waals surface area (Å²) in [5.41, 5.74) is 2.26. The number of pyridine rings is 2. The lowest BCUT2D eigenvalue weighted by Gasteiger charge is -2.31. The molecule has 0 saturated carbocycles. The molecule has 1 aromatic carbocycles. The number of benzene rings is 1. The van der Waals surface area contributed by atoms with Crippen LogP contribution in [0.2, 0.25) is 0 Å². The SMILES string of the molecule is CC[C@@]1(O)C(=O)OCc2c1cc1n(c2=O)Cc2c-1nc1cc(F)c(C)c3c1c2[C@@H](NC(=O)CN(C)CCOC(C)S)CC3. The quantitative estimate of drug-likeness (QED) is 0.158. The number of aromatic nitrogens is 2. The maximum Gasteiger partial charge on any atom is 0.343 e. The summed E-state index contributed by atoms with van der Waals surface area (Å²) in [7, 11) is 1.84. The predicted molar refractivity (Wildman–Crippen MR) is 160 cm³/mol. The molecule has 12 heteroatoms. The Balaban J connectivity index is 1.45. The van der Waals surface area contributed by atoms with Crippen molar-refractivity contribution in [2.75, 3.05) is 26.7 Å². The number of cyclic esters (lactones) is 1. The number of hydrogen-bond acceptors (Lipinski definition) is 9. The van der Waals surface area contributed by atoms with Crippen LogP contribution in [0.1, 0.15) is 66.1 Å². The number of thiol groups is 1. The first-order valence-electron chi connectivity index (χ1n) is 14.5. The fourth-order valence-corrected chi connectivity index (χ4v) is 6.75. The van der Waals surface area contributed by atoms with Crippen molar-refractivity contribution in [3.63, 3.8) is 0 Å². The van der Waals surface area contributed by atoms with Crippen LogP contribution in [-0.4, -0.2) is 63.6 Å². The third-order valence-corrected chi connectivity index (χ3v) is 9.11. The Hall–Kier alpha value is -3.32. The molecule has 3 aromatic rings. The third kappa shape index (κ3) is 4.84. The molecule has 3 aliphatic rings. The number of carbonyl (C=O) groups is 2. The van der Waals surface area contributed by atoms with Gasteiger partial charge in [0.2, 0.25) is 5.91 Å². The number of hydrogen-bond donors (Lipinski definition) is 3. The normalized spacial score (nSPS) is 20.9. The lowest BCUT2D eigenvalue weighted by Crippen LogP contribution is -2.44. The number of aryl methyl sites for hydroxylation is 1. The first kappa shape index (κ1) is 29.7. The van der Waals surface area contributed by atoms with Gasteiger partial charge in [-0.05, 0) is 62.9 Å². The monoisotopic (exact) mass is 610 g/mol. The van der Waals surface area contributed by atoms with Crippen molar-refractivity contribution in [1.29, 1.82) is 0 Å². The van der Waals surface area contributed by atoms with Gasteiger partial charge < -0.3 is 24.5 Å². The second-order valence-corrected chi connectivity index (χ2v) is 12.4. The standard InChI is InChI=1S/C31H35FN4O6S/c1-5-31(40)20-10-24-28-18(12-36(24)29(38)19(20)14-42-30(31)39)27-22(33-25(37)13-35(4)8-9-41-16(3)43)7-6-17-15(2)21(32)11-23(34-28)26(17)27/h10-11,16,22,40,43H,5-9,12-14H2,1-4H3,(H,33,37)/t16?,22-,31-/m0/s1. The maximum atomic E-state index is 15.1. The molecule has 1 unspecified atom stereocenters. The van der Waals surface area contributed by atoms with Crippen LogP contribution in [0.25, 0.3) is 22.3 Å². The molecule has 0 fully saturated rings. The molecule has 2 N–H and O–H groups in total. The Bertz CT molecular complexity index is 1740. The molecule has 0 saturated heterocycles. The van der Waals surface area contributed by atoms with E-state index in [0.717, 1.165) is 22.1 Å². The number of fused-ring (bicyclic) bond motifs is 5. The zero-order valence-corrected chi connectivity index (χ0v) is 25.5. The first-order chi connectivity index (χ1) is 20.4. The number of nitrogens with zero attached hydrogens (tertiary/aromatic N) is 3. The highest BCUT2D eigenvalue weighted by Crippen LogP contribution is 2.45. The van der Waals surface area contributed by atoms with Gasteiger partial charge in [0.05, 0.1) is 53.6 Å². The number of ether oxygens (including phenoxy) is 2. The Kier molecular flexibility index (Phi) is 7.60. The van der Waals surface area contributed by atoms with E-state index in [4.69, 9.17) is 14.5 Å². The molecule has 1 amide bonds. The lowest BCUT2D eigenvalue weighted by molar-refractivity contribution is -0.172. The van der Waals surface area contributed by atoms with Gasteiger partial charge in [0.15, 0.2) is 5.60 Å². The van der Waals surface area contributed by atoms with Gasteiger partial charge in [-0.1, -0.05) is 6.92 Å². The molecule has 6 rings (SSSR count). The second kappa shape index (κ2) is 11.0. The largest absolute Gasteiger partial charge is 0.458 e. The summed E-state index contributed by atoms with van der Waals surface area (Å²) < 4.78 is 27.3. The lowest BCUT2D eigenvalue weighted by atomic mass is 9.81. The van der Waals surface area contributed by atoms with Gasteiger partial charge in [0, 0.05) is 29.1 Å². The predicted octanol–water partition coefficient (Wildman–Crippen LogP) is 2.85. The fraction of sp³-hybridized carbons (Fsp3) is 0.484. The molecular weight excluding hydrogens is 575 g/mol. The Labute approximate surface area is 253 Å². The number of esters is 1. The van der Waals surface area contributed by atoms with Gasteiger partial charge >= 0.3 is 5.97 Å². The van der Waals surface area contributed by atoms with Crippen molar-refractivity contribution >= 4 is 35.4 Å². The molecule has 10 nitrogen and oxygen atoms in total. The fourth-order valence-electron chi connectivity index (χ4n) is 6.64. The van der Waals surface area contributed by atoms with E-state index >= 15 is 4.39 Å². The average molecular weight is 611 g/mol. The van der Waals surface area contributed by atoms with E-state index in [1.54, 1.807) is 24.5 Å². The minimum Gasteiger partial charge on any atom is -0.458 e. The van der Waals surface area contributed by atoms with Crippen LogP contribution in [0.15, 0.2) is 16.9 Å². The number of rotatable bonds is 8. The highest BCUT2D eigenvalue weighted by atomic mass is 32.1. The summed E-state index contributed by atoms with van der Waals surface area (Å²) in [4.78, 5) is 46.3. The van der Waals surface area contributed by atoms with Crippen molar-refractivity contribution in [3.05, 3.63) is 61.7 Å². The summed E-state index contributed by atoms with van der Waals surface area (Å²) in [6, 6.07) is 2.66. The topological polar surface area (TPSA) is 123 Å². The minimum absolute atomic E-state index is 0.0289. The molecule has 3 atom stereocenters. The molecule has 2 aliphatic heterocycles. The van der Waals surface area contributed by atoms with Gasteiger partial charge in [0.25, 0.3) is 5.56 Å². The van der Waals surface area contributed by atoms with Crippen molar-refractivity contribution in [2.24, 2.45) is 0 Å². The molecule has 43 heavy (non-hydrogen) atoms. The van der Waals surface area contributed by atoms with Crippen molar-refractivity contribution < 1.29 is 28.6 Å². The molecule has 1 aliphatic carbocycles. The Morgan fingerprint density at radius 2 is 2.12 bits per heavy atom. The van der Waals surface area contributed by atoms with Gasteiger partial charge in [-0.3, -0.25) is 14.5 Å². The van der Waals surface area contributed by atoms with Crippen molar-refractivity contribution in [3.8, 4) is 11.4 Å². The van der Waals surface area contributed by atoms with E-state index < -0.39 is 11.6 Å². The molecule has 0 radical (unpaired) electrons. The van der Waals surface area contributed by atoms with Crippen molar-refractivity contribution in [2.45, 2.75) is 70.3 Å². The van der Waals surface area contributed by atoms with Crippen LogP contribution in [0.5, 0.6) is 0 Å². The number of amides is 1. The van der Waals surface area contributed by atoms with Gasteiger partial charge in [-0.25, -0.2) is 14.2 Å². The summed E-state index contributed by atoms with van der Waals surface area (Å²) in [5.74, 6) is -1.33. The van der Waals surface area contributed by atoms with Crippen LogP contribution in [0.3, 0.4) is 0 Å². The molecule has 0 bridgehead atoms. The summed E-state index contributed by atoms with van der Waals surface area (Å²) in [6.07, 6.45) is 1.14. The van der Waals surface area contributed by atoms with E-state index in [0.29, 0.717) is 48.5 Å². The molecule has 0 spiro atoms. The summed E-state index contributed by atoms with van der Waals surface area (Å²) in [6.45, 7) is 6.34. The van der Waals surface area contributed by atoms with Crippen LogP contribution in [-0.2, 0) is 44.2 Å². The Morgan fingerprint density at radius 1 is 1.35 bits per heavy atom. The number of likely N-dealkylation sites (N-methyl/N-ethyl adjacent to an activating group) is 1. The average Bonchev–Trinajstić information content (AvgIpc) is 3.32. The number of nitrogens with one attached hydrogen (secondary N) is 1. The van der Waals surface area contributed by atoms with Crippen LogP contribution in [0, 0.1) is 12.7 Å². The smallest absolute Gasteiger partial charge is 0.343 e. The first-order valence-corrected chi connectivity index (χ1v) is 15.0. The number of carbonyl (C=O) groups excluding carboxylic acids is 2. The second-order valence-electron chi connectivity index (χ2n) is 11.7. The molecule has 2 aromatic heterocycles. The molecular formula is C31H35FN4O6S. The third-order valence-electron chi connectivity index (χ3n) is 8.96. The van der Waals surface area contributed by atoms with Crippen LogP contribution >= 0.6 is 12.6 Å². The molecule has 4 heterocycles. The number of halogens is 1. The number of aliphatic hydroxyl groups is 1. The zero-order valence-electron chi connectivity index (χ0n) is 24.6. The van der Waals surface area contributed by atoms with Gasteiger partial charge in [-0.15, -0.1) is 12.6 Å². The van der Waals surface area contributed by atoms with E-state index in [2.05, 4.69) is 17.9 Å². The minimum atomic E-state index is -1.95.